The summed E-state index contributed by atoms with van der Waals surface area (Å²) in [6.07, 6.45) is 1.27. The highest BCUT2D eigenvalue weighted by molar-refractivity contribution is 5.47. The van der Waals surface area contributed by atoms with E-state index < -0.39 is 4.92 Å². The van der Waals surface area contributed by atoms with Gasteiger partial charge in [-0.1, -0.05) is 0 Å². The fraction of sp³-hybridized carbons (Fsp3) is 0.333. The molecule has 100 valence electrons. The number of aryl methyl sites for hydroxylation is 3. The first-order valence-corrected chi connectivity index (χ1v) is 5.84. The quantitative estimate of drug-likeness (QED) is 0.650. The van der Waals surface area contributed by atoms with Crippen LogP contribution in [0.3, 0.4) is 0 Å². The summed E-state index contributed by atoms with van der Waals surface area (Å²) in [7, 11) is 0. The molecule has 2 aromatic rings. The van der Waals surface area contributed by atoms with Crippen LogP contribution in [0.15, 0.2) is 12.3 Å². The van der Waals surface area contributed by atoms with Crippen molar-refractivity contribution in [3.8, 4) is 0 Å². The molecular formula is C12H15N5O2. The van der Waals surface area contributed by atoms with Crippen molar-refractivity contribution in [3.63, 3.8) is 0 Å². The predicted octanol–water partition coefficient (Wildman–Crippen LogP) is 2.25. The van der Waals surface area contributed by atoms with Crippen molar-refractivity contribution in [2.24, 2.45) is 0 Å². The third-order valence-electron chi connectivity index (χ3n) is 3.01. The van der Waals surface area contributed by atoms with Crippen LogP contribution in [0.4, 0.5) is 11.5 Å². The molecule has 2 heterocycles. The first-order chi connectivity index (χ1) is 8.99. The first kappa shape index (κ1) is 13.0. The highest BCUT2D eigenvalue weighted by Gasteiger charge is 2.12. The van der Waals surface area contributed by atoms with E-state index in [1.165, 1.54) is 6.20 Å². The van der Waals surface area contributed by atoms with Crippen LogP contribution in [0.5, 0.6) is 0 Å². The van der Waals surface area contributed by atoms with E-state index in [9.17, 15) is 10.1 Å². The number of aromatic nitrogens is 3. The van der Waals surface area contributed by atoms with Crippen molar-refractivity contribution in [2.75, 3.05) is 5.32 Å². The maximum atomic E-state index is 10.7. The molecule has 0 aliphatic heterocycles. The van der Waals surface area contributed by atoms with E-state index in [1.807, 2.05) is 13.8 Å². The largest absolute Gasteiger partial charge is 0.366 e. The van der Waals surface area contributed by atoms with E-state index in [0.29, 0.717) is 17.9 Å². The molecule has 0 aliphatic rings. The van der Waals surface area contributed by atoms with Gasteiger partial charge in [0.25, 0.3) is 5.69 Å². The molecule has 0 unspecified atom stereocenters. The van der Waals surface area contributed by atoms with Crippen LogP contribution in [-0.4, -0.2) is 20.1 Å². The van der Waals surface area contributed by atoms with Crippen LogP contribution in [0.2, 0.25) is 0 Å². The van der Waals surface area contributed by atoms with Gasteiger partial charge in [0, 0.05) is 23.4 Å². The third kappa shape index (κ3) is 2.70. The number of nitro groups is 1. The number of hydrogen-bond donors (Lipinski definition) is 2. The van der Waals surface area contributed by atoms with Gasteiger partial charge in [0.15, 0.2) is 0 Å². The van der Waals surface area contributed by atoms with Crippen LogP contribution in [0, 0.1) is 30.9 Å². The Balaban J connectivity index is 2.13. The molecule has 0 bridgehead atoms. The molecular weight excluding hydrogens is 246 g/mol. The highest BCUT2D eigenvalue weighted by atomic mass is 16.6. The Bertz CT molecular complexity index is 601. The number of pyridine rings is 1. The van der Waals surface area contributed by atoms with Gasteiger partial charge in [-0.2, -0.15) is 5.10 Å². The molecule has 2 aromatic heterocycles. The molecule has 2 N–H and O–H groups in total. The molecule has 0 spiro atoms. The van der Waals surface area contributed by atoms with Gasteiger partial charge in [0.2, 0.25) is 0 Å². The normalized spacial score (nSPS) is 10.5. The summed E-state index contributed by atoms with van der Waals surface area (Å²) in [6, 6.07) is 1.67. The van der Waals surface area contributed by atoms with Crippen LogP contribution in [-0.2, 0) is 6.54 Å². The van der Waals surface area contributed by atoms with E-state index in [0.717, 1.165) is 17.0 Å². The summed E-state index contributed by atoms with van der Waals surface area (Å²) in [5, 5.41) is 20.9. The Hall–Kier alpha value is -2.44. The lowest BCUT2D eigenvalue weighted by Crippen LogP contribution is -2.04. The smallest absolute Gasteiger partial charge is 0.290 e. The molecule has 7 heteroatoms. The van der Waals surface area contributed by atoms with Crippen LogP contribution < -0.4 is 5.32 Å². The zero-order valence-electron chi connectivity index (χ0n) is 11.0. The average Bonchev–Trinajstić information content (AvgIpc) is 2.66. The zero-order valence-corrected chi connectivity index (χ0v) is 11.0. The number of rotatable bonds is 4. The fourth-order valence-electron chi connectivity index (χ4n) is 1.85. The van der Waals surface area contributed by atoms with Gasteiger partial charge >= 0.3 is 0 Å². The van der Waals surface area contributed by atoms with E-state index in [2.05, 4.69) is 20.5 Å². The minimum absolute atomic E-state index is 0.0289. The lowest BCUT2D eigenvalue weighted by atomic mass is 10.2. The molecule has 0 saturated carbocycles. The zero-order chi connectivity index (χ0) is 14.0. The monoisotopic (exact) mass is 261 g/mol. The Morgan fingerprint density at radius 2 is 2.16 bits per heavy atom. The second kappa shape index (κ2) is 5.05. The van der Waals surface area contributed by atoms with Crippen LogP contribution in [0.1, 0.15) is 22.5 Å². The van der Waals surface area contributed by atoms with Gasteiger partial charge in [-0.05, 0) is 26.8 Å². The summed E-state index contributed by atoms with van der Waals surface area (Å²) in [5.74, 6) is 0.614. The SMILES string of the molecule is Cc1cc(NCc2c(C)n[nH]c2C)ncc1[N+](=O)[O-]. The Morgan fingerprint density at radius 3 is 2.68 bits per heavy atom. The highest BCUT2D eigenvalue weighted by Crippen LogP contribution is 2.19. The fourth-order valence-corrected chi connectivity index (χ4v) is 1.85. The lowest BCUT2D eigenvalue weighted by Gasteiger charge is -2.06. The van der Waals surface area contributed by atoms with Crippen molar-refractivity contribution >= 4 is 11.5 Å². The maximum Gasteiger partial charge on any atom is 0.290 e. The van der Waals surface area contributed by atoms with Gasteiger partial charge in [-0.3, -0.25) is 15.2 Å². The molecule has 0 fully saturated rings. The van der Waals surface area contributed by atoms with Crippen molar-refractivity contribution in [1.82, 2.24) is 15.2 Å². The Labute approximate surface area is 110 Å². The topological polar surface area (TPSA) is 96.7 Å². The second-order valence-corrected chi connectivity index (χ2v) is 4.38. The molecule has 7 nitrogen and oxygen atoms in total. The lowest BCUT2D eigenvalue weighted by molar-refractivity contribution is -0.385. The maximum absolute atomic E-state index is 10.7. The molecule has 0 amide bonds. The molecule has 0 atom stereocenters. The molecule has 0 aromatic carbocycles. The van der Waals surface area contributed by atoms with Crippen molar-refractivity contribution in [2.45, 2.75) is 27.3 Å². The minimum Gasteiger partial charge on any atom is -0.366 e. The summed E-state index contributed by atoms with van der Waals surface area (Å²) in [4.78, 5) is 14.3. The number of aromatic amines is 1. The van der Waals surface area contributed by atoms with Gasteiger partial charge < -0.3 is 5.32 Å². The Kier molecular flexibility index (Phi) is 3.46. The average molecular weight is 261 g/mol. The predicted molar refractivity (Wildman–Crippen MR) is 71.0 cm³/mol. The van der Waals surface area contributed by atoms with Gasteiger partial charge in [0.05, 0.1) is 10.6 Å². The van der Waals surface area contributed by atoms with E-state index in [-0.39, 0.29) is 5.69 Å². The summed E-state index contributed by atoms with van der Waals surface area (Å²) >= 11 is 0. The van der Waals surface area contributed by atoms with Gasteiger partial charge in [-0.15, -0.1) is 0 Å². The van der Waals surface area contributed by atoms with Crippen molar-refractivity contribution in [3.05, 3.63) is 44.9 Å². The molecule has 0 radical (unpaired) electrons. The number of H-pyrrole nitrogens is 1. The van der Waals surface area contributed by atoms with Crippen molar-refractivity contribution in [1.29, 1.82) is 0 Å². The number of nitrogens with zero attached hydrogens (tertiary/aromatic N) is 3. The second-order valence-electron chi connectivity index (χ2n) is 4.38. The number of hydrogen-bond acceptors (Lipinski definition) is 5. The summed E-state index contributed by atoms with van der Waals surface area (Å²) in [6.45, 7) is 6.15. The summed E-state index contributed by atoms with van der Waals surface area (Å²) in [5.41, 5.74) is 3.63. The standard InChI is InChI=1S/C12H15N5O2/c1-7-4-12(14-6-11(7)17(18)19)13-5-10-8(2)15-16-9(10)3/h4,6H,5H2,1-3H3,(H,13,14)(H,15,16). The van der Waals surface area contributed by atoms with Gasteiger partial charge in [-0.25, -0.2) is 4.98 Å². The molecule has 0 saturated heterocycles. The summed E-state index contributed by atoms with van der Waals surface area (Å²) < 4.78 is 0. The number of anilines is 1. The molecule has 2 rings (SSSR count). The third-order valence-corrected chi connectivity index (χ3v) is 3.01. The van der Waals surface area contributed by atoms with Crippen molar-refractivity contribution < 1.29 is 4.92 Å². The van der Waals surface area contributed by atoms with E-state index in [1.54, 1.807) is 13.0 Å². The molecule has 19 heavy (non-hydrogen) atoms. The van der Waals surface area contributed by atoms with E-state index in [4.69, 9.17) is 0 Å². The minimum atomic E-state index is -0.434. The number of nitrogens with one attached hydrogen (secondary N) is 2. The van der Waals surface area contributed by atoms with E-state index >= 15 is 0 Å². The molecule has 0 aliphatic carbocycles. The van der Waals surface area contributed by atoms with Gasteiger partial charge in [0.1, 0.15) is 12.0 Å². The van der Waals surface area contributed by atoms with Crippen LogP contribution in [0.25, 0.3) is 0 Å². The van der Waals surface area contributed by atoms with Crippen LogP contribution >= 0.6 is 0 Å². The Morgan fingerprint density at radius 1 is 1.42 bits per heavy atom. The first-order valence-electron chi connectivity index (χ1n) is 5.84.